The van der Waals surface area contributed by atoms with Gasteiger partial charge in [-0.1, -0.05) is 140 Å². The SMILES string of the molecule is c1ccc2cc(-c3ccc(-c4nc(N5c6c(ccc7ccccc67)-c6cccc7cccc5c67)nc5c4oc4ccccc45)cc3)ccc2c1. The Bertz CT molecular complexity index is 2990. The van der Waals surface area contributed by atoms with Crippen molar-refractivity contribution >= 4 is 71.7 Å². The molecule has 0 saturated carbocycles. The van der Waals surface area contributed by atoms with Crippen LogP contribution in [0, 0.1) is 0 Å². The van der Waals surface area contributed by atoms with Gasteiger partial charge in [0.15, 0.2) is 5.58 Å². The molecule has 0 radical (unpaired) electrons. The topological polar surface area (TPSA) is 42.2 Å². The van der Waals surface area contributed by atoms with Gasteiger partial charge in [0.1, 0.15) is 16.8 Å². The molecular formula is C46H27N3O. The Kier molecular flexibility index (Phi) is 5.63. The van der Waals surface area contributed by atoms with Crippen LogP contribution in [0.3, 0.4) is 0 Å². The standard InChI is InChI=1S/C46H27N3O/c1-2-11-33-27-34(24-21-28(33)9-1)29-19-22-32(23-20-29)42-45-43(38-15-5-6-18-40(38)50-45)48-46(47-42)49-39-17-8-13-31-12-7-16-36(41(31)39)37-26-25-30-10-3-4-14-35(30)44(37)49/h1-27H. The fraction of sp³-hybridized carbons (Fsp3) is 0. The Hall–Kier alpha value is -6.78. The van der Waals surface area contributed by atoms with Gasteiger partial charge in [0.05, 0.1) is 11.4 Å². The molecule has 3 heterocycles. The first-order valence-electron chi connectivity index (χ1n) is 16.9. The summed E-state index contributed by atoms with van der Waals surface area (Å²) in [5.41, 5.74) is 10.9. The molecule has 2 aromatic heterocycles. The Labute approximate surface area is 287 Å². The number of para-hydroxylation sites is 1. The molecule has 0 amide bonds. The van der Waals surface area contributed by atoms with Crippen LogP contribution in [0.25, 0.3) is 87.9 Å². The average Bonchev–Trinajstić information content (AvgIpc) is 3.56. The Balaban J connectivity index is 1.17. The minimum atomic E-state index is 0.609. The number of benzene rings is 8. The second kappa shape index (κ2) is 10.4. The van der Waals surface area contributed by atoms with Crippen LogP contribution in [0.1, 0.15) is 0 Å². The molecule has 1 aliphatic rings. The van der Waals surface area contributed by atoms with E-state index in [0.29, 0.717) is 11.5 Å². The van der Waals surface area contributed by atoms with Crippen LogP contribution in [-0.4, -0.2) is 9.97 Å². The van der Waals surface area contributed by atoms with Crippen molar-refractivity contribution in [1.82, 2.24) is 9.97 Å². The molecule has 0 aliphatic carbocycles. The highest BCUT2D eigenvalue weighted by molar-refractivity contribution is 6.19. The summed E-state index contributed by atoms with van der Waals surface area (Å²) < 4.78 is 6.55. The molecule has 0 saturated heterocycles. The van der Waals surface area contributed by atoms with Gasteiger partial charge < -0.3 is 4.42 Å². The van der Waals surface area contributed by atoms with E-state index >= 15 is 0 Å². The molecule has 0 spiro atoms. The smallest absolute Gasteiger partial charge is 0.236 e. The van der Waals surface area contributed by atoms with Gasteiger partial charge in [0.25, 0.3) is 0 Å². The van der Waals surface area contributed by atoms with Crippen molar-refractivity contribution in [3.63, 3.8) is 0 Å². The van der Waals surface area contributed by atoms with Crippen molar-refractivity contribution in [2.75, 3.05) is 4.90 Å². The number of hydrogen-bond acceptors (Lipinski definition) is 4. The summed E-state index contributed by atoms with van der Waals surface area (Å²) in [6.07, 6.45) is 0. The molecule has 232 valence electrons. The van der Waals surface area contributed by atoms with Crippen molar-refractivity contribution in [2.24, 2.45) is 0 Å². The predicted molar refractivity (Wildman–Crippen MR) is 206 cm³/mol. The summed E-state index contributed by atoms with van der Waals surface area (Å²) in [4.78, 5) is 13.0. The van der Waals surface area contributed by atoms with E-state index in [1.807, 2.05) is 18.2 Å². The van der Waals surface area contributed by atoms with Crippen LogP contribution < -0.4 is 4.90 Å². The zero-order chi connectivity index (χ0) is 32.8. The third-order valence-electron chi connectivity index (χ3n) is 10.2. The second-order valence-corrected chi connectivity index (χ2v) is 13.0. The summed E-state index contributed by atoms with van der Waals surface area (Å²) in [5, 5.41) is 8.13. The number of hydrogen-bond donors (Lipinski definition) is 0. The van der Waals surface area contributed by atoms with Gasteiger partial charge >= 0.3 is 0 Å². The van der Waals surface area contributed by atoms with Gasteiger partial charge in [-0.2, -0.15) is 0 Å². The number of fused-ring (bicyclic) bond motifs is 8. The van der Waals surface area contributed by atoms with Gasteiger partial charge in [-0.05, 0) is 62.5 Å². The molecule has 0 bridgehead atoms. The minimum Gasteiger partial charge on any atom is -0.452 e. The van der Waals surface area contributed by atoms with Crippen molar-refractivity contribution in [3.05, 3.63) is 164 Å². The lowest BCUT2D eigenvalue weighted by Gasteiger charge is -2.33. The Morgan fingerprint density at radius 2 is 1.14 bits per heavy atom. The highest BCUT2D eigenvalue weighted by Crippen LogP contribution is 2.53. The fourth-order valence-corrected chi connectivity index (χ4v) is 7.84. The number of nitrogens with zero attached hydrogens (tertiary/aromatic N) is 3. The van der Waals surface area contributed by atoms with Crippen LogP contribution >= 0.6 is 0 Å². The lowest BCUT2D eigenvalue weighted by Crippen LogP contribution is -2.18. The summed E-state index contributed by atoms with van der Waals surface area (Å²) in [6.45, 7) is 0. The van der Waals surface area contributed by atoms with E-state index in [-0.39, 0.29) is 0 Å². The second-order valence-electron chi connectivity index (χ2n) is 13.0. The highest BCUT2D eigenvalue weighted by Gasteiger charge is 2.30. The molecule has 0 unspecified atom stereocenters. The van der Waals surface area contributed by atoms with Crippen LogP contribution in [-0.2, 0) is 0 Å². The monoisotopic (exact) mass is 637 g/mol. The summed E-state index contributed by atoms with van der Waals surface area (Å²) in [6, 6.07) is 58.0. The predicted octanol–water partition coefficient (Wildman–Crippen LogP) is 12.6. The zero-order valence-electron chi connectivity index (χ0n) is 26.8. The van der Waals surface area contributed by atoms with Crippen molar-refractivity contribution in [2.45, 2.75) is 0 Å². The fourth-order valence-electron chi connectivity index (χ4n) is 7.84. The van der Waals surface area contributed by atoms with Crippen molar-refractivity contribution in [3.8, 4) is 33.5 Å². The van der Waals surface area contributed by atoms with E-state index < -0.39 is 0 Å². The molecule has 50 heavy (non-hydrogen) atoms. The first-order chi connectivity index (χ1) is 24.8. The average molecular weight is 638 g/mol. The molecule has 10 aromatic rings. The first kappa shape index (κ1) is 27.2. The maximum absolute atomic E-state index is 6.55. The maximum atomic E-state index is 6.55. The van der Waals surface area contributed by atoms with E-state index in [9.17, 15) is 0 Å². The van der Waals surface area contributed by atoms with Gasteiger partial charge in [-0.25, -0.2) is 9.97 Å². The summed E-state index contributed by atoms with van der Waals surface area (Å²) in [5.74, 6) is 0.609. The number of aromatic nitrogens is 2. The van der Waals surface area contributed by atoms with Gasteiger partial charge in [-0.15, -0.1) is 0 Å². The number of rotatable bonds is 3. The molecular weight excluding hydrogens is 611 g/mol. The largest absolute Gasteiger partial charge is 0.452 e. The van der Waals surface area contributed by atoms with E-state index in [2.05, 4.69) is 150 Å². The minimum absolute atomic E-state index is 0.609. The highest BCUT2D eigenvalue weighted by atomic mass is 16.3. The molecule has 0 fully saturated rings. The maximum Gasteiger partial charge on any atom is 0.236 e. The molecule has 4 nitrogen and oxygen atoms in total. The van der Waals surface area contributed by atoms with E-state index in [1.54, 1.807) is 0 Å². The quantitative estimate of drug-likeness (QED) is 0.193. The van der Waals surface area contributed by atoms with Crippen LogP contribution in [0.2, 0.25) is 0 Å². The van der Waals surface area contributed by atoms with Gasteiger partial charge in [0.2, 0.25) is 5.95 Å². The molecule has 0 atom stereocenters. The van der Waals surface area contributed by atoms with E-state index in [1.165, 1.54) is 38.1 Å². The van der Waals surface area contributed by atoms with Crippen LogP contribution in [0.4, 0.5) is 17.3 Å². The van der Waals surface area contributed by atoms with Gasteiger partial charge in [0, 0.05) is 27.3 Å². The van der Waals surface area contributed by atoms with E-state index in [4.69, 9.17) is 14.4 Å². The van der Waals surface area contributed by atoms with Crippen LogP contribution in [0.15, 0.2) is 168 Å². The lowest BCUT2D eigenvalue weighted by molar-refractivity contribution is 0.667. The third-order valence-corrected chi connectivity index (χ3v) is 10.2. The molecule has 0 N–H and O–H groups in total. The zero-order valence-corrected chi connectivity index (χ0v) is 26.8. The number of anilines is 3. The molecule has 4 heteroatoms. The summed E-state index contributed by atoms with van der Waals surface area (Å²) >= 11 is 0. The number of furan rings is 1. The lowest BCUT2D eigenvalue weighted by atomic mass is 9.89. The Morgan fingerprint density at radius 3 is 2.02 bits per heavy atom. The third kappa shape index (κ3) is 3.93. The van der Waals surface area contributed by atoms with Crippen molar-refractivity contribution < 1.29 is 4.42 Å². The normalized spacial score (nSPS) is 12.4. The molecule has 11 rings (SSSR count). The van der Waals surface area contributed by atoms with Crippen molar-refractivity contribution in [1.29, 1.82) is 0 Å². The first-order valence-corrected chi connectivity index (χ1v) is 16.9. The molecule has 8 aromatic carbocycles. The van der Waals surface area contributed by atoms with Crippen LogP contribution in [0.5, 0.6) is 0 Å². The Morgan fingerprint density at radius 1 is 0.460 bits per heavy atom. The van der Waals surface area contributed by atoms with E-state index in [0.717, 1.165) is 55.6 Å². The molecule has 1 aliphatic heterocycles. The summed E-state index contributed by atoms with van der Waals surface area (Å²) in [7, 11) is 0. The van der Waals surface area contributed by atoms with Gasteiger partial charge in [-0.3, -0.25) is 4.90 Å².